The van der Waals surface area contributed by atoms with Gasteiger partial charge in [0.05, 0.1) is 12.2 Å². The second-order valence-electron chi connectivity index (χ2n) is 4.89. The number of hydrogen-bond acceptors (Lipinski definition) is 1. The van der Waals surface area contributed by atoms with Crippen LogP contribution in [0.15, 0.2) is 11.1 Å². The van der Waals surface area contributed by atoms with Crippen molar-refractivity contribution in [1.82, 2.24) is 0 Å². The van der Waals surface area contributed by atoms with Crippen LogP contribution in [-0.4, -0.2) is 12.2 Å². The standard InChI is InChI=1S/C14H24O/c1-7-8-9-10-12(2)13(3)11-15-14(4,5)6/h9-11H2,1-6H3/b13-12+. The van der Waals surface area contributed by atoms with Crippen molar-refractivity contribution in [2.75, 3.05) is 6.61 Å². The van der Waals surface area contributed by atoms with E-state index in [2.05, 4.69) is 46.5 Å². The van der Waals surface area contributed by atoms with Crippen molar-refractivity contribution < 1.29 is 4.74 Å². The lowest BCUT2D eigenvalue weighted by atomic mass is 10.1. The second-order valence-corrected chi connectivity index (χ2v) is 4.89. The van der Waals surface area contributed by atoms with Gasteiger partial charge in [-0.1, -0.05) is 5.57 Å². The maximum Gasteiger partial charge on any atom is 0.0683 e. The summed E-state index contributed by atoms with van der Waals surface area (Å²) in [5.41, 5.74) is 2.69. The predicted octanol–water partition coefficient (Wildman–Crippen LogP) is 3.94. The van der Waals surface area contributed by atoms with Gasteiger partial charge in [0.2, 0.25) is 0 Å². The molecular formula is C14H24O. The van der Waals surface area contributed by atoms with Crippen LogP contribution in [-0.2, 0) is 4.74 Å². The third-order valence-corrected chi connectivity index (χ3v) is 2.25. The second kappa shape index (κ2) is 6.69. The van der Waals surface area contributed by atoms with Crippen LogP contribution in [0.5, 0.6) is 0 Å². The fourth-order valence-electron chi connectivity index (χ4n) is 1.04. The maximum atomic E-state index is 5.72. The van der Waals surface area contributed by atoms with E-state index in [9.17, 15) is 0 Å². The van der Waals surface area contributed by atoms with Gasteiger partial charge in [0.25, 0.3) is 0 Å². The van der Waals surface area contributed by atoms with Crippen molar-refractivity contribution in [1.29, 1.82) is 0 Å². The quantitative estimate of drug-likeness (QED) is 0.502. The van der Waals surface area contributed by atoms with Gasteiger partial charge in [-0.2, -0.15) is 0 Å². The topological polar surface area (TPSA) is 9.23 Å². The lowest BCUT2D eigenvalue weighted by molar-refractivity contribution is 0.0108. The average Bonchev–Trinajstić information content (AvgIpc) is 2.13. The van der Waals surface area contributed by atoms with Crippen molar-refractivity contribution in [2.24, 2.45) is 0 Å². The lowest BCUT2D eigenvalue weighted by Gasteiger charge is -2.20. The van der Waals surface area contributed by atoms with E-state index in [0.29, 0.717) is 0 Å². The first-order valence-corrected chi connectivity index (χ1v) is 5.55. The normalized spacial score (nSPS) is 12.9. The van der Waals surface area contributed by atoms with E-state index in [-0.39, 0.29) is 5.60 Å². The molecule has 0 heterocycles. The van der Waals surface area contributed by atoms with Gasteiger partial charge < -0.3 is 4.74 Å². The molecule has 0 N–H and O–H groups in total. The van der Waals surface area contributed by atoms with E-state index in [1.165, 1.54) is 11.1 Å². The third kappa shape index (κ3) is 8.27. The Balaban J connectivity index is 4.07. The molecule has 0 fully saturated rings. The zero-order valence-corrected chi connectivity index (χ0v) is 11.0. The average molecular weight is 208 g/mol. The monoisotopic (exact) mass is 208 g/mol. The van der Waals surface area contributed by atoms with Gasteiger partial charge in [-0.25, -0.2) is 0 Å². The van der Waals surface area contributed by atoms with E-state index in [1.54, 1.807) is 0 Å². The summed E-state index contributed by atoms with van der Waals surface area (Å²) in [5.74, 6) is 6.00. The van der Waals surface area contributed by atoms with Crippen LogP contribution in [0.1, 0.15) is 54.4 Å². The summed E-state index contributed by atoms with van der Waals surface area (Å²) in [5, 5.41) is 0. The Hall–Kier alpha value is -0.740. The first kappa shape index (κ1) is 14.3. The van der Waals surface area contributed by atoms with Crippen LogP contribution in [0.3, 0.4) is 0 Å². The summed E-state index contributed by atoms with van der Waals surface area (Å²) in [4.78, 5) is 0. The highest BCUT2D eigenvalue weighted by molar-refractivity contribution is 5.12. The molecule has 0 spiro atoms. The van der Waals surface area contributed by atoms with Crippen molar-refractivity contribution in [2.45, 2.75) is 60.0 Å². The third-order valence-electron chi connectivity index (χ3n) is 2.25. The zero-order valence-electron chi connectivity index (χ0n) is 11.0. The smallest absolute Gasteiger partial charge is 0.0683 e. The molecule has 86 valence electrons. The molecule has 1 heteroatoms. The van der Waals surface area contributed by atoms with Gasteiger partial charge in [-0.3, -0.25) is 0 Å². The van der Waals surface area contributed by atoms with Gasteiger partial charge >= 0.3 is 0 Å². The summed E-state index contributed by atoms with van der Waals surface area (Å²) < 4.78 is 5.72. The summed E-state index contributed by atoms with van der Waals surface area (Å²) in [7, 11) is 0. The van der Waals surface area contributed by atoms with E-state index < -0.39 is 0 Å². The molecule has 0 saturated carbocycles. The Morgan fingerprint density at radius 1 is 1.13 bits per heavy atom. The number of ether oxygens (including phenoxy) is 1. The Morgan fingerprint density at radius 2 is 1.73 bits per heavy atom. The van der Waals surface area contributed by atoms with Gasteiger partial charge in [0, 0.05) is 6.42 Å². The first-order valence-electron chi connectivity index (χ1n) is 5.55. The number of rotatable bonds is 4. The summed E-state index contributed by atoms with van der Waals surface area (Å²) in [6.45, 7) is 13.2. The van der Waals surface area contributed by atoms with Crippen LogP contribution in [0.25, 0.3) is 0 Å². The highest BCUT2D eigenvalue weighted by Crippen LogP contribution is 2.14. The van der Waals surface area contributed by atoms with Crippen molar-refractivity contribution >= 4 is 0 Å². The first-order chi connectivity index (χ1) is 6.87. The molecule has 0 aliphatic carbocycles. The molecule has 0 aromatic heterocycles. The highest BCUT2D eigenvalue weighted by Gasteiger charge is 2.10. The Bertz CT molecular complexity index is 268. The molecule has 0 atom stereocenters. The summed E-state index contributed by atoms with van der Waals surface area (Å²) in [6, 6.07) is 0. The Labute approximate surface area is 94.9 Å². The Kier molecular flexibility index (Phi) is 6.36. The molecule has 0 radical (unpaired) electrons. The molecule has 0 aliphatic heterocycles. The summed E-state index contributed by atoms with van der Waals surface area (Å²) in [6.07, 6.45) is 2.01. The van der Waals surface area contributed by atoms with Crippen LogP contribution >= 0.6 is 0 Å². The molecule has 0 rings (SSSR count). The molecule has 0 amide bonds. The highest BCUT2D eigenvalue weighted by atomic mass is 16.5. The SMILES string of the molecule is CC#CCC/C(C)=C(\C)COC(C)(C)C. The van der Waals surface area contributed by atoms with E-state index in [4.69, 9.17) is 4.74 Å². The van der Waals surface area contributed by atoms with Gasteiger partial charge in [0.15, 0.2) is 0 Å². The van der Waals surface area contributed by atoms with E-state index in [1.807, 2.05) is 6.92 Å². The molecule has 0 aliphatic rings. The Morgan fingerprint density at radius 3 is 2.20 bits per heavy atom. The fraction of sp³-hybridized carbons (Fsp3) is 0.714. The molecular weight excluding hydrogens is 184 g/mol. The van der Waals surface area contributed by atoms with Crippen molar-refractivity contribution in [3.05, 3.63) is 11.1 Å². The van der Waals surface area contributed by atoms with E-state index >= 15 is 0 Å². The van der Waals surface area contributed by atoms with Gasteiger partial charge in [0.1, 0.15) is 0 Å². The minimum Gasteiger partial charge on any atom is -0.372 e. The van der Waals surface area contributed by atoms with Crippen LogP contribution in [0.2, 0.25) is 0 Å². The van der Waals surface area contributed by atoms with Crippen LogP contribution in [0, 0.1) is 11.8 Å². The maximum absolute atomic E-state index is 5.72. The lowest BCUT2D eigenvalue weighted by Crippen LogP contribution is -2.20. The molecule has 0 unspecified atom stereocenters. The molecule has 1 nitrogen and oxygen atoms in total. The van der Waals surface area contributed by atoms with Gasteiger partial charge in [-0.15, -0.1) is 11.8 Å². The largest absolute Gasteiger partial charge is 0.372 e. The molecule has 15 heavy (non-hydrogen) atoms. The van der Waals surface area contributed by atoms with Crippen LogP contribution in [0.4, 0.5) is 0 Å². The summed E-state index contributed by atoms with van der Waals surface area (Å²) >= 11 is 0. The molecule has 0 saturated heterocycles. The fourth-order valence-corrected chi connectivity index (χ4v) is 1.04. The number of allylic oxidation sites excluding steroid dienone is 1. The minimum absolute atomic E-state index is 0.0508. The van der Waals surface area contributed by atoms with Crippen LogP contribution < -0.4 is 0 Å². The number of hydrogen-bond donors (Lipinski definition) is 0. The van der Waals surface area contributed by atoms with E-state index in [0.717, 1.165) is 19.4 Å². The molecule has 0 aromatic rings. The molecule has 0 aromatic carbocycles. The van der Waals surface area contributed by atoms with Crippen molar-refractivity contribution in [3.8, 4) is 11.8 Å². The molecule has 0 bridgehead atoms. The minimum atomic E-state index is -0.0508. The predicted molar refractivity (Wildman–Crippen MR) is 66.8 cm³/mol. The van der Waals surface area contributed by atoms with Crippen molar-refractivity contribution in [3.63, 3.8) is 0 Å². The zero-order chi connectivity index (χ0) is 11.9. The van der Waals surface area contributed by atoms with Gasteiger partial charge in [-0.05, 0) is 53.5 Å².